The van der Waals surface area contributed by atoms with E-state index in [-0.39, 0.29) is 36.8 Å². The minimum atomic E-state index is 0. The molecule has 0 bridgehead atoms. The molecule has 22 heavy (non-hydrogen) atoms. The first-order valence-electron chi connectivity index (χ1n) is 7.12. The molecule has 1 fully saturated rings. The Morgan fingerprint density at radius 1 is 1.23 bits per heavy atom. The molecule has 1 aliphatic rings. The van der Waals surface area contributed by atoms with Crippen molar-refractivity contribution in [3.05, 3.63) is 30.3 Å². The van der Waals surface area contributed by atoms with Gasteiger partial charge in [-0.3, -0.25) is 9.69 Å². The van der Waals surface area contributed by atoms with Gasteiger partial charge in [-0.15, -0.1) is 24.8 Å². The first-order valence-corrected chi connectivity index (χ1v) is 7.12. The van der Waals surface area contributed by atoms with E-state index >= 15 is 0 Å². The van der Waals surface area contributed by atoms with Gasteiger partial charge in [-0.05, 0) is 19.1 Å². The molecule has 0 radical (unpaired) electrons. The number of hydrogen-bond donors (Lipinski definition) is 2. The fourth-order valence-corrected chi connectivity index (χ4v) is 2.28. The van der Waals surface area contributed by atoms with Gasteiger partial charge in [0.25, 0.3) is 0 Å². The molecule has 1 saturated heterocycles. The first kappa shape index (κ1) is 21.0. The molecule has 2 N–H and O–H groups in total. The number of morpholine rings is 1. The van der Waals surface area contributed by atoms with E-state index in [4.69, 9.17) is 4.74 Å². The Labute approximate surface area is 144 Å². The molecule has 7 heteroatoms. The number of benzene rings is 1. The number of halogens is 2. The molecule has 1 amide bonds. The van der Waals surface area contributed by atoms with E-state index < -0.39 is 0 Å². The van der Waals surface area contributed by atoms with Crippen molar-refractivity contribution in [3.63, 3.8) is 0 Å². The largest absolute Gasteiger partial charge is 0.379 e. The van der Waals surface area contributed by atoms with Crippen molar-refractivity contribution in [1.82, 2.24) is 10.2 Å². The van der Waals surface area contributed by atoms with Crippen LogP contribution in [0.3, 0.4) is 0 Å². The molecule has 5 nitrogen and oxygen atoms in total. The lowest BCUT2D eigenvalue weighted by Crippen LogP contribution is -2.47. The minimum Gasteiger partial charge on any atom is -0.379 e. The van der Waals surface area contributed by atoms with Crippen molar-refractivity contribution in [2.24, 2.45) is 0 Å². The van der Waals surface area contributed by atoms with Crippen LogP contribution in [0.4, 0.5) is 5.69 Å². The maximum Gasteiger partial charge on any atom is 0.239 e. The van der Waals surface area contributed by atoms with Gasteiger partial charge in [-0.1, -0.05) is 18.2 Å². The Morgan fingerprint density at radius 2 is 1.86 bits per heavy atom. The van der Waals surface area contributed by atoms with Crippen LogP contribution in [-0.2, 0) is 9.53 Å². The molecule has 2 rings (SSSR count). The van der Waals surface area contributed by atoms with Gasteiger partial charge >= 0.3 is 0 Å². The molecule has 0 aliphatic carbocycles. The van der Waals surface area contributed by atoms with Crippen LogP contribution in [0.25, 0.3) is 0 Å². The summed E-state index contributed by atoms with van der Waals surface area (Å²) in [5.41, 5.74) is 0.962. The van der Waals surface area contributed by atoms with E-state index in [0.29, 0.717) is 6.54 Å². The predicted molar refractivity (Wildman–Crippen MR) is 94.3 cm³/mol. The molecule has 0 saturated carbocycles. The van der Waals surface area contributed by atoms with Gasteiger partial charge in [0.15, 0.2) is 0 Å². The molecular weight excluding hydrogens is 325 g/mol. The molecular formula is C15H25Cl2N3O2. The van der Waals surface area contributed by atoms with Crippen molar-refractivity contribution in [2.75, 3.05) is 44.7 Å². The second kappa shape index (κ2) is 11.5. The van der Waals surface area contributed by atoms with Gasteiger partial charge in [0, 0.05) is 31.4 Å². The molecule has 126 valence electrons. The third-order valence-electron chi connectivity index (χ3n) is 3.27. The number of carbonyl (C=O) groups excluding carboxylic acids is 1. The van der Waals surface area contributed by atoms with E-state index in [0.717, 1.165) is 38.5 Å². The zero-order valence-corrected chi connectivity index (χ0v) is 14.4. The van der Waals surface area contributed by atoms with Gasteiger partial charge in [-0.2, -0.15) is 0 Å². The van der Waals surface area contributed by atoms with Gasteiger partial charge in [-0.25, -0.2) is 0 Å². The predicted octanol–water partition coefficient (Wildman–Crippen LogP) is 1.78. The van der Waals surface area contributed by atoms with E-state index in [1.165, 1.54) is 0 Å². The van der Waals surface area contributed by atoms with Crippen LogP contribution in [0.15, 0.2) is 30.3 Å². The summed E-state index contributed by atoms with van der Waals surface area (Å²) in [5, 5.41) is 6.12. The Kier molecular flexibility index (Phi) is 11.0. The van der Waals surface area contributed by atoms with Crippen LogP contribution in [0.1, 0.15) is 6.92 Å². The number of rotatable bonds is 6. The second-order valence-corrected chi connectivity index (χ2v) is 5.10. The monoisotopic (exact) mass is 349 g/mol. The lowest BCUT2D eigenvalue weighted by Gasteiger charge is -2.29. The highest BCUT2D eigenvalue weighted by molar-refractivity contribution is 5.85. The van der Waals surface area contributed by atoms with Crippen molar-refractivity contribution >= 4 is 36.4 Å². The maximum absolute atomic E-state index is 11.9. The number of nitrogens with one attached hydrogen (secondary N) is 2. The number of ether oxygens (including phenoxy) is 1. The van der Waals surface area contributed by atoms with E-state index in [1.54, 1.807) is 0 Å². The standard InChI is InChI=1S/C15H23N3O2.2ClH/c1-13(12-18-7-9-20-10-8-18)17-15(19)11-16-14-5-3-2-4-6-14;;/h2-6,13,16H,7-12H2,1H3,(H,17,19);2*1H. The summed E-state index contributed by atoms with van der Waals surface area (Å²) in [6.45, 7) is 6.69. The van der Waals surface area contributed by atoms with E-state index in [2.05, 4.69) is 15.5 Å². The van der Waals surface area contributed by atoms with Gasteiger partial charge in [0.2, 0.25) is 5.91 Å². The first-order chi connectivity index (χ1) is 9.74. The minimum absolute atomic E-state index is 0. The van der Waals surface area contributed by atoms with Crippen molar-refractivity contribution < 1.29 is 9.53 Å². The SMILES string of the molecule is CC(CN1CCOCC1)NC(=O)CNc1ccccc1.Cl.Cl. The summed E-state index contributed by atoms with van der Waals surface area (Å²) < 4.78 is 5.31. The number of amides is 1. The molecule has 0 spiro atoms. The average Bonchev–Trinajstić information content (AvgIpc) is 2.47. The normalized spacial score (nSPS) is 15.9. The second-order valence-electron chi connectivity index (χ2n) is 5.10. The number of nitrogens with zero attached hydrogens (tertiary/aromatic N) is 1. The topological polar surface area (TPSA) is 53.6 Å². The summed E-state index contributed by atoms with van der Waals surface area (Å²) in [7, 11) is 0. The summed E-state index contributed by atoms with van der Waals surface area (Å²) in [4.78, 5) is 14.2. The molecule has 1 unspecified atom stereocenters. The smallest absolute Gasteiger partial charge is 0.239 e. The van der Waals surface area contributed by atoms with Crippen molar-refractivity contribution in [1.29, 1.82) is 0 Å². The lowest BCUT2D eigenvalue weighted by molar-refractivity contribution is -0.120. The summed E-state index contributed by atoms with van der Waals surface area (Å²) in [6.07, 6.45) is 0. The summed E-state index contributed by atoms with van der Waals surface area (Å²) in [6, 6.07) is 9.89. The number of carbonyl (C=O) groups is 1. The zero-order chi connectivity index (χ0) is 14.2. The number of anilines is 1. The van der Waals surface area contributed by atoms with Crippen molar-refractivity contribution in [2.45, 2.75) is 13.0 Å². The fraction of sp³-hybridized carbons (Fsp3) is 0.533. The fourth-order valence-electron chi connectivity index (χ4n) is 2.28. The molecule has 1 heterocycles. The third-order valence-corrected chi connectivity index (χ3v) is 3.27. The number of para-hydroxylation sites is 1. The lowest BCUT2D eigenvalue weighted by atomic mass is 10.2. The van der Waals surface area contributed by atoms with Crippen LogP contribution in [0, 0.1) is 0 Å². The molecule has 1 aromatic rings. The highest BCUT2D eigenvalue weighted by Gasteiger charge is 2.14. The van der Waals surface area contributed by atoms with Crippen LogP contribution in [-0.4, -0.2) is 56.2 Å². The van der Waals surface area contributed by atoms with Gasteiger partial charge < -0.3 is 15.4 Å². The summed E-state index contributed by atoms with van der Waals surface area (Å²) in [5.74, 6) is 0.0228. The maximum atomic E-state index is 11.9. The summed E-state index contributed by atoms with van der Waals surface area (Å²) >= 11 is 0. The molecule has 1 aliphatic heterocycles. The highest BCUT2D eigenvalue weighted by atomic mass is 35.5. The van der Waals surface area contributed by atoms with Crippen LogP contribution < -0.4 is 10.6 Å². The Bertz CT molecular complexity index is 415. The van der Waals surface area contributed by atoms with Crippen LogP contribution >= 0.6 is 24.8 Å². The Morgan fingerprint density at radius 3 is 2.50 bits per heavy atom. The van der Waals surface area contributed by atoms with E-state index in [9.17, 15) is 4.79 Å². The molecule has 1 atom stereocenters. The molecule has 0 aromatic heterocycles. The van der Waals surface area contributed by atoms with Gasteiger partial charge in [0.1, 0.15) is 0 Å². The third kappa shape index (κ3) is 7.84. The quantitative estimate of drug-likeness (QED) is 0.821. The highest BCUT2D eigenvalue weighted by Crippen LogP contribution is 2.04. The van der Waals surface area contributed by atoms with Crippen LogP contribution in [0.2, 0.25) is 0 Å². The average molecular weight is 350 g/mol. The van der Waals surface area contributed by atoms with E-state index in [1.807, 2.05) is 37.3 Å². The van der Waals surface area contributed by atoms with Crippen molar-refractivity contribution in [3.8, 4) is 0 Å². The zero-order valence-electron chi connectivity index (χ0n) is 12.8. The Balaban J connectivity index is 0.00000220. The Hall–Kier alpha value is -1.01. The number of hydrogen-bond acceptors (Lipinski definition) is 4. The van der Waals surface area contributed by atoms with Gasteiger partial charge in [0.05, 0.1) is 19.8 Å². The molecule has 1 aromatic carbocycles. The van der Waals surface area contributed by atoms with Crippen LogP contribution in [0.5, 0.6) is 0 Å².